The number of hydrogen-bond donors (Lipinski definition) is 1. The van der Waals surface area contributed by atoms with E-state index >= 15 is 0 Å². The van der Waals surface area contributed by atoms with Gasteiger partial charge in [0.2, 0.25) is 0 Å². The summed E-state index contributed by atoms with van der Waals surface area (Å²) in [5, 5.41) is 4.72. The van der Waals surface area contributed by atoms with Crippen molar-refractivity contribution < 1.29 is 4.74 Å². The van der Waals surface area contributed by atoms with Crippen LogP contribution in [0.15, 0.2) is 30.3 Å². The molecule has 2 aromatic rings. The number of likely N-dealkylation sites (N-methyl/N-ethyl adjacent to an activating group) is 1. The number of nitrogens with one attached hydrogen (secondary N) is 1. The molecule has 0 aliphatic carbocycles. The average Bonchev–Trinajstić information content (AvgIpc) is 2.80. The Hall–Kier alpha value is -0.940. The van der Waals surface area contributed by atoms with Crippen molar-refractivity contribution in [1.29, 1.82) is 0 Å². The summed E-state index contributed by atoms with van der Waals surface area (Å²) < 4.78 is 6.38. The summed E-state index contributed by atoms with van der Waals surface area (Å²) in [5.41, 5.74) is 0. The molecule has 4 heteroatoms. The molecular formula is C15H22N2OS. The maximum absolute atomic E-state index is 5.00. The Bertz CT molecular complexity index is 465. The van der Waals surface area contributed by atoms with Crippen LogP contribution >= 0.6 is 11.3 Å². The molecule has 3 nitrogen and oxygen atoms in total. The molecule has 0 bridgehead atoms. The highest BCUT2D eigenvalue weighted by molar-refractivity contribution is 7.19. The molecule has 0 radical (unpaired) electrons. The largest absolute Gasteiger partial charge is 0.383 e. The van der Waals surface area contributed by atoms with Crippen LogP contribution < -0.4 is 5.32 Å². The molecule has 0 aliphatic rings. The third-order valence-electron chi connectivity index (χ3n) is 3.06. The van der Waals surface area contributed by atoms with Gasteiger partial charge in [-0.3, -0.25) is 0 Å². The van der Waals surface area contributed by atoms with Crippen LogP contribution in [-0.4, -0.2) is 45.3 Å². The fourth-order valence-corrected chi connectivity index (χ4v) is 3.17. The molecule has 0 aliphatic heterocycles. The van der Waals surface area contributed by atoms with Crippen molar-refractivity contribution in [1.82, 2.24) is 10.2 Å². The summed E-state index contributed by atoms with van der Waals surface area (Å²) in [4.78, 5) is 3.78. The maximum atomic E-state index is 5.00. The summed E-state index contributed by atoms with van der Waals surface area (Å²) >= 11 is 1.89. The minimum Gasteiger partial charge on any atom is -0.383 e. The first-order chi connectivity index (χ1) is 9.29. The highest BCUT2D eigenvalue weighted by Gasteiger charge is 2.04. The normalized spacial score (nSPS) is 11.5. The van der Waals surface area contributed by atoms with Gasteiger partial charge in [-0.2, -0.15) is 0 Å². The quantitative estimate of drug-likeness (QED) is 0.751. The van der Waals surface area contributed by atoms with Gasteiger partial charge in [0, 0.05) is 42.9 Å². The number of rotatable bonds is 8. The van der Waals surface area contributed by atoms with Crippen molar-refractivity contribution in [2.75, 3.05) is 40.4 Å². The number of hydrogen-bond acceptors (Lipinski definition) is 4. The second-order valence-corrected chi connectivity index (χ2v) is 5.90. The molecule has 0 unspecified atom stereocenters. The standard InChI is InChI=1S/C15H22N2OS/c1-17(9-7-16-8-10-18-2)12-14-11-13-5-3-4-6-15(13)19-14/h3-6,11,16H,7-10,12H2,1-2H3. The van der Waals surface area contributed by atoms with E-state index in [9.17, 15) is 0 Å². The molecule has 19 heavy (non-hydrogen) atoms. The van der Waals surface area contributed by atoms with Crippen LogP contribution in [0.1, 0.15) is 4.88 Å². The van der Waals surface area contributed by atoms with Gasteiger partial charge in [0.1, 0.15) is 0 Å². The van der Waals surface area contributed by atoms with Crippen LogP contribution in [-0.2, 0) is 11.3 Å². The van der Waals surface area contributed by atoms with E-state index in [1.807, 2.05) is 11.3 Å². The fourth-order valence-electron chi connectivity index (χ4n) is 2.03. The molecular weight excluding hydrogens is 256 g/mol. The van der Waals surface area contributed by atoms with E-state index in [-0.39, 0.29) is 0 Å². The predicted octanol–water partition coefficient (Wildman–Crippen LogP) is 2.57. The second-order valence-electron chi connectivity index (χ2n) is 4.73. The Morgan fingerprint density at radius 2 is 2.11 bits per heavy atom. The molecule has 0 spiro atoms. The van der Waals surface area contributed by atoms with E-state index in [4.69, 9.17) is 4.74 Å². The Morgan fingerprint density at radius 3 is 2.89 bits per heavy atom. The van der Waals surface area contributed by atoms with E-state index in [2.05, 4.69) is 47.6 Å². The first kappa shape index (κ1) is 14.5. The van der Waals surface area contributed by atoms with Crippen molar-refractivity contribution in [2.45, 2.75) is 6.54 Å². The van der Waals surface area contributed by atoms with E-state index in [1.165, 1.54) is 15.0 Å². The Morgan fingerprint density at radius 1 is 1.26 bits per heavy atom. The zero-order valence-electron chi connectivity index (χ0n) is 11.7. The lowest BCUT2D eigenvalue weighted by atomic mass is 10.2. The maximum Gasteiger partial charge on any atom is 0.0587 e. The summed E-state index contributed by atoms with van der Waals surface area (Å²) in [6.45, 7) is 4.78. The predicted molar refractivity (Wildman–Crippen MR) is 82.9 cm³/mol. The lowest BCUT2D eigenvalue weighted by Crippen LogP contribution is -2.30. The molecule has 1 aromatic heterocycles. The minimum absolute atomic E-state index is 0.778. The molecule has 2 rings (SSSR count). The van der Waals surface area contributed by atoms with E-state index in [1.54, 1.807) is 7.11 Å². The lowest BCUT2D eigenvalue weighted by Gasteiger charge is -2.15. The number of thiophene rings is 1. The Kier molecular flexibility index (Phi) is 5.79. The van der Waals surface area contributed by atoms with Crippen LogP contribution in [0.25, 0.3) is 10.1 Å². The van der Waals surface area contributed by atoms with Crippen LogP contribution in [0.4, 0.5) is 0 Å². The zero-order valence-corrected chi connectivity index (χ0v) is 12.5. The highest BCUT2D eigenvalue weighted by Crippen LogP contribution is 2.25. The number of fused-ring (bicyclic) bond motifs is 1. The third-order valence-corrected chi connectivity index (χ3v) is 4.16. The van der Waals surface area contributed by atoms with Crippen molar-refractivity contribution >= 4 is 21.4 Å². The number of methoxy groups -OCH3 is 1. The van der Waals surface area contributed by atoms with E-state index in [0.717, 1.165) is 32.8 Å². The molecule has 0 fully saturated rings. The molecule has 1 aromatic carbocycles. The molecule has 0 saturated heterocycles. The van der Waals surface area contributed by atoms with E-state index in [0.29, 0.717) is 0 Å². The second kappa shape index (κ2) is 7.60. The summed E-state index contributed by atoms with van der Waals surface area (Å²) in [5.74, 6) is 0. The number of ether oxygens (including phenoxy) is 1. The molecule has 0 atom stereocenters. The van der Waals surface area contributed by atoms with Gasteiger partial charge in [-0.15, -0.1) is 11.3 Å². The third kappa shape index (κ3) is 4.58. The van der Waals surface area contributed by atoms with Crippen molar-refractivity contribution in [3.8, 4) is 0 Å². The van der Waals surface area contributed by atoms with Crippen LogP contribution in [0.2, 0.25) is 0 Å². The average molecular weight is 278 g/mol. The Labute approximate surface area is 119 Å². The van der Waals surface area contributed by atoms with Crippen LogP contribution in [0, 0.1) is 0 Å². The summed E-state index contributed by atoms with van der Waals surface area (Å²) in [6, 6.07) is 10.9. The van der Waals surface area contributed by atoms with Crippen molar-refractivity contribution in [2.24, 2.45) is 0 Å². The molecule has 0 amide bonds. The molecule has 104 valence electrons. The fraction of sp³-hybridized carbons (Fsp3) is 0.467. The van der Waals surface area contributed by atoms with Crippen LogP contribution in [0.3, 0.4) is 0 Å². The lowest BCUT2D eigenvalue weighted by molar-refractivity contribution is 0.197. The topological polar surface area (TPSA) is 24.5 Å². The monoisotopic (exact) mass is 278 g/mol. The first-order valence-corrected chi connectivity index (χ1v) is 7.47. The van der Waals surface area contributed by atoms with Gasteiger partial charge in [0.15, 0.2) is 0 Å². The van der Waals surface area contributed by atoms with Gasteiger partial charge in [-0.1, -0.05) is 18.2 Å². The number of nitrogens with zero attached hydrogens (tertiary/aromatic N) is 1. The van der Waals surface area contributed by atoms with Gasteiger partial charge >= 0.3 is 0 Å². The van der Waals surface area contributed by atoms with Crippen molar-refractivity contribution in [3.63, 3.8) is 0 Å². The van der Waals surface area contributed by atoms with Crippen molar-refractivity contribution in [3.05, 3.63) is 35.2 Å². The van der Waals surface area contributed by atoms with Crippen LogP contribution in [0.5, 0.6) is 0 Å². The van der Waals surface area contributed by atoms with Gasteiger partial charge in [0.25, 0.3) is 0 Å². The SMILES string of the molecule is COCCNCCN(C)Cc1cc2ccccc2s1. The summed E-state index contributed by atoms with van der Waals surface area (Å²) in [6.07, 6.45) is 0. The first-order valence-electron chi connectivity index (χ1n) is 6.65. The smallest absolute Gasteiger partial charge is 0.0587 e. The summed E-state index contributed by atoms with van der Waals surface area (Å²) in [7, 11) is 3.90. The molecule has 0 saturated carbocycles. The minimum atomic E-state index is 0.778. The van der Waals surface area contributed by atoms with Gasteiger partial charge < -0.3 is 15.0 Å². The Balaban J connectivity index is 1.76. The molecule has 1 heterocycles. The van der Waals surface area contributed by atoms with Gasteiger partial charge in [-0.25, -0.2) is 0 Å². The van der Waals surface area contributed by atoms with E-state index < -0.39 is 0 Å². The van der Waals surface area contributed by atoms with Gasteiger partial charge in [0.05, 0.1) is 6.61 Å². The number of benzene rings is 1. The highest BCUT2D eigenvalue weighted by atomic mass is 32.1. The molecule has 1 N–H and O–H groups in total. The zero-order chi connectivity index (χ0) is 13.5. The van der Waals surface area contributed by atoms with Gasteiger partial charge in [-0.05, 0) is 24.6 Å².